The van der Waals surface area contributed by atoms with Gasteiger partial charge in [-0.1, -0.05) is 18.2 Å². The Morgan fingerprint density at radius 1 is 1.35 bits per heavy atom. The smallest absolute Gasteiger partial charge is 0.125 e. The second-order valence-corrected chi connectivity index (χ2v) is 5.55. The largest absolute Gasteiger partial charge is 0.492 e. The molecule has 1 aliphatic heterocycles. The van der Waals surface area contributed by atoms with Crippen LogP contribution in [-0.4, -0.2) is 50.4 Å². The molecule has 112 valence electrons. The van der Waals surface area contributed by atoms with Crippen molar-refractivity contribution >= 4 is 0 Å². The average Bonchev–Trinajstić information content (AvgIpc) is 2.42. The number of aryl methyl sites for hydroxylation is 1. The van der Waals surface area contributed by atoms with E-state index in [0.29, 0.717) is 0 Å². The van der Waals surface area contributed by atoms with Crippen molar-refractivity contribution in [2.24, 2.45) is 5.73 Å². The molecule has 1 heterocycles. The quantitative estimate of drug-likeness (QED) is 0.858. The summed E-state index contributed by atoms with van der Waals surface area (Å²) in [5.41, 5.74) is 8.31. The number of benzene rings is 1. The van der Waals surface area contributed by atoms with Crippen LogP contribution in [0.3, 0.4) is 0 Å². The molecule has 0 spiro atoms. The summed E-state index contributed by atoms with van der Waals surface area (Å²) in [6.45, 7) is 9.47. The second kappa shape index (κ2) is 7.62. The van der Waals surface area contributed by atoms with Crippen molar-refractivity contribution in [1.29, 1.82) is 0 Å². The van der Waals surface area contributed by atoms with Gasteiger partial charge in [-0.05, 0) is 31.4 Å². The van der Waals surface area contributed by atoms with E-state index in [4.69, 9.17) is 15.2 Å². The molecular weight excluding hydrogens is 252 g/mol. The van der Waals surface area contributed by atoms with Crippen molar-refractivity contribution in [2.45, 2.75) is 26.3 Å². The van der Waals surface area contributed by atoms with Gasteiger partial charge in [0.15, 0.2) is 0 Å². The lowest BCUT2D eigenvalue weighted by Gasteiger charge is -2.26. The van der Waals surface area contributed by atoms with E-state index in [2.05, 4.69) is 30.0 Å². The summed E-state index contributed by atoms with van der Waals surface area (Å²) < 4.78 is 11.4. The first-order chi connectivity index (χ1) is 9.66. The monoisotopic (exact) mass is 278 g/mol. The highest BCUT2D eigenvalue weighted by molar-refractivity contribution is 5.41. The molecule has 1 aliphatic rings. The molecule has 1 aromatic carbocycles. The predicted molar refractivity (Wildman–Crippen MR) is 81.3 cm³/mol. The molecular formula is C16H26N2O2. The van der Waals surface area contributed by atoms with Gasteiger partial charge in [-0.3, -0.25) is 4.90 Å². The number of nitrogens with two attached hydrogens (primary N) is 1. The SMILES string of the molecule is Cc1cccc(CC(C)N)c1OCCN1CCOCC1. The number of nitrogens with zero attached hydrogens (tertiary/aromatic N) is 1. The molecule has 4 heteroatoms. The van der Waals surface area contributed by atoms with Crippen LogP contribution < -0.4 is 10.5 Å². The molecule has 1 atom stereocenters. The van der Waals surface area contributed by atoms with Crippen LogP contribution in [0, 0.1) is 6.92 Å². The Hall–Kier alpha value is -1.10. The second-order valence-electron chi connectivity index (χ2n) is 5.55. The molecule has 0 radical (unpaired) electrons. The van der Waals surface area contributed by atoms with E-state index >= 15 is 0 Å². The van der Waals surface area contributed by atoms with Gasteiger partial charge in [-0.25, -0.2) is 0 Å². The third kappa shape index (κ3) is 4.47. The van der Waals surface area contributed by atoms with E-state index in [1.807, 2.05) is 6.92 Å². The maximum atomic E-state index is 6.03. The normalized spacial score (nSPS) is 17.9. The first-order valence-electron chi connectivity index (χ1n) is 7.44. The van der Waals surface area contributed by atoms with Crippen LogP contribution in [0.5, 0.6) is 5.75 Å². The lowest BCUT2D eigenvalue weighted by Crippen LogP contribution is -2.38. The number of para-hydroxylation sites is 1. The molecule has 4 nitrogen and oxygen atoms in total. The summed E-state index contributed by atoms with van der Waals surface area (Å²) in [7, 11) is 0. The van der Waals surface area contributed by atoms with Gasteiger partial charge >= 0.3 is 0 Å². The van der Waals surface area contributed by atoms with Crippen LogP contribution >= 0.6 is 0 Å². The van der Waals surface area contributed by atoms with Crippen LogP contribution in [0.1, 0.15) is 18.1 Å². The van der Waals surface area contributed by atoms with Gasteiger partial charge in [-0.15, -0.1) is 0 Å². The fourth-order valence-electron chi connectivity index (χ4n) is 2.53. The molecule has 1 fully saturated rings. The van der Waals surface area contributed by atoms with Crippen molar-refractivity contribution in [2.75, 3.05) is 39.5 Å². The van der Waals surface area contributed by atoms with Gasteiger partial charge in [-0.2, -0.15) is 0 Å². The standard InChI is InChI=1S/C16H26N2O2/c1-13-4-3-5-15(12-14(2)17)16(13)20-11-8-18-6-9-19-10-7-18/h3-5,14H,6-12,17H2,1-2H3. The van der Waals surface area contributed by atoms with E-state index in [9.17, 15) is 0 Å². The molecule has 1 saturated heterocycles. The third-order valence-corrected chi connectivity index (χ3v) is 3.59. The Labute approximate surface area is 121 Å². The van der Waals surface area contributed by atoms with Crippen molar-refractivity contribution in [3.8, 4) is 5.75 Å². The van der Waals surface area contributed by atoms with Crippen molar-refractivity contribution in [3.05, 3.63) is 29.3 Å². The first kappa shape index (κ1) is 15.3. The lowest BCUT2D eigenvalue weighted by molar-refractivity contribution is 0.0321. The Morgan fingerprint density at radius 3 is 2.80 bits per heavy atom. The average molecular weight is 278 g/mol. The highest BCUT2D eigenvalue weighted by atomic mass is 16.5. The fraction of sp³-hybridized carbons (Fsp3) is 0.625. The molecule has 20 heavy (non-hydrogen) atoms. The van der Waals surface area contributed by atoms with E-state index < -0.39 is 0 Å². The van der Waals surface area contributed by atoms with Gasteiger partial charge in [0, 0.05) is 25.7 Å². The number of hydrogen-bond acceptors (Lipinski definition) is 4. The zero-order valence-corrected chi connectivity index (χ0v) is 12.6. The third-order valence-electron chi connectivity index (χ3n) is 3.59. The first-order valence-corrected chi connectivity index (χ1v) is 7.44. The fourth-order valence-corrected chi connectivity index (χ4v) is 2.53. The highest BCUT2D eigenvalue weighted by Crippen LogP contribution is 2.24. The van der Waals surface area contributed by atoms with Gasteiger partial charge in [0.1, 0.15) is 12.4 Å². The van der Waals surface area contributed by atoms with Gasteiger partial charge in [0.05, 0.1) is 13.2 Å². The minimum atomic E-state index is 0.151. The Balaban J connectivity index is 1.90. The summed E-state index contributed by atoms with van der Waals surface area (Å²) in [5, 5.41) is 0. The maximum Gasteiger partial charge on any atom is 0.125 e. The molecule has 0 bridgehead atoms. The molecule has 0 saturated carbocycles. The summed E-state index contributed by atoms with van der Waals surface area (Å²) in [6, 6.07) is 6.43. The number of morpholine rings is 1. The molecule has 0 aliphatic carbocycles. The summed E-state index contributed by atoms with van der Waals surface area (Å²) >= 11 is 0. The number of hydrogen-bond donors (Lipinski definition) is 1. The van der Waals surface area contributed by atoms with E-state index in [1.165, 1.54) is 11.1 Å². The zero-order chi connectivity index (χ0) is 14.4. The van der Waals surface area contributed by atoms with Crippen LogP contribution in [0.2, 0.25) is 0 Å². The molecule has 2 N–H and O–H groups in total. The zero-order valence-electron chi connectivity index (χ0n) is 12.6. The van der Waals surface area contributed by atoms with Crippen LogP contribution in [0.4, 0.5) is 0 Å². The highest BCUT2D eigenvalue weighted by Gasteiger charge is 2.12. The minimum absolute atomic E-state index is 0.151. The van der Waals surface area contributed by atoms with E-state index in [1.54, 1.807) is 0 Å². The van der Waals surface area contributed by atoms with Gasteiger partial charge < -0.3 is 15.2 Å². The molecule has 0 aromatic heterocycles. The Bertz CT molecular complexity index is 415. The Morgan fingerprint density at radius 2 is 2.10 bits per heavy atom. The van der Waals surface area contributed by atoms with E-state index in [0.717, 1.165) is 51.6 Å². The molecule has 1 aromatic rings. The summed E-state index contributed by atoms with van der Waals surface area (Å²) in [5.74, 6) is 1.01. The van der Waals surface area contributed by atoms with Crippen molar-refractivity contribution in [1.82, 2.24) is 4.90 Å². The van der Waals surface area contributed by atoms with Gasteiger partial charge in [0.2, 0.25) is 0 Å². The topological polar surface area (TPSA) is 47.7 Å². The minimum Gasteiger partial charge on any atom is -0.492 e. The summed E-state index contributed by atoms with van der Waals surface area (Å²) in [6.07, 6.45) is 0.856. The van der Waals surface area contributed by atoms with Crippen LogP contribution in [0.15, 0.2) is 18.2 Å². The predicted octanol–water partition coefficient (Wildman–Crippen LogP) is 1.60. The molecule has 0 amide bonds. The lowest BCUT2D eigenvalue weighted by atomic mass is 10.0. The van der Waals surface area contributed by atoms with Crippen molar-refractivity contribution in [3.63, 3.8) is 0 Å². The Kier molecular flexibility index (Phi) is 5.83. The van der Waals surface area contributed by atoms with Crippen molar-refractivity contribution < 1.29 is 9.47 Å². The van der Waals surface area contributed by atoms with Crippen LogP contribution in [0.25, 0.3) is 0 Å². The number of ether oxygens (including phenoxy) is 2. The molecule has 1 unspecified atom stereocenters. The van der Waals surface area contributed by atoms with Gasteiger partial charge in [0.25, 0.3) is 0 Å². The number of rotatable bonds is 6. The van der Waals surface area contributed by atoms with E-state index in [-0.39, 0.29) is 6.04 Å². The maximum absolute atomic E-state index is 6.03. The molecule has 2 rings (SSSR count). The van der Waals surface area contributed by atoms with Crippen LogP contribution in [-0.2, 0) is 11.2 Å². The summed E-state index contributed by atoms with van der Waals surface area (Å²) in [4.78, 5) is 2.38.